The predicted molar refractivity (Wildman–Crippen MR) is 91.1 cm³/mol. The molecule has 0 bridgehead atoms. The van der Waals surface area contributed by atoms with Crippen LogP contribution in [0.15, 0.2) is 29.3 Å². The monoisotopic (exact) mass is 289 g/mol. The van der Waals surface area contributed by atoms with Gasteiger partial charge in [0.05, 0.1) is 0 Å². The number of aryl methyl sites for hydroxylation is 2. The van der Waals surface area contributed by atoms with E-state index in [0.717, 1.165) is 12.8 Å². The van der Waals surface area contributed by atoms with Gasteiger partial charge in [-0.15, -0.1) is 12.6 Å². The summed E-state index contributed by atoms with van der Waals surface area (Å²) in [6, 6.07) is 6.51. The Morgan fingerprint density at radius 1 is 0.950 bits per heavy atom. The van der Waals surface area contributed by atoms with Gasteiger partial charge < -0.3 is 4.40 Å². The molecule has 20 heavy (non-hydrogen) atoms. The van der Waals surface area contributed by atoms with Crippen LogP contribution in [0, 0.1) is 0 Å². The highest BCUT2D eigenvalue weighted by Gasteiger charge is 2.14. The zero-order valence-electron chi connectivity index (χ0n) is 12.9. The van der Waals surface area contributed by atoms with Crippen LogP contribution >= 0.6 is 12.6 Å². The first-order valence-electron chi connectivity index (χ1n) is 8.09. The number of rotatable bonds is 8. The number of aromatic nitrogens is 1. The van der Waals surface area contributed by atoms with Gasteiger partial charge in [0.25, 0.3) is 0 Å². The first-order chi connectivity index (χ1) is 9.79. The van der Waals surface area contributed by atoms with Crippen LogP contribution in [0.2, 0.25) is 0 Å². The van der Waals surface area contributed by atoms with Gasteiger partial charge in [-0.2, -0.15) is 0 Å². The van der Waals surface area contributed by atoms with Gasteiger partial charge in [-0.25, -0.2) is 0 Å². The molecule has 0 saturated carbocycles. The van der Waals surface area contributed by atoms with Crippen molar-refractivity contribution in [3.8, 4) is 0 Å². The van der Waals surface area contributed by atoms with E-state index in [1.807, 2.05) is 0 Å². The second-order valence-electron chi connectivity index (χ2n) is 5.64. The Morgan fingerprint density at radius 3 is 2.35 bits per heavy atom. The molecule has 0 atom stereocenters. The van der Waals surface area contributed by atoms with Crippen LogP contribution in [0.5, 0.6) is 0 Å². The van der Waals surface area contributed by atoms with E-state index in [-0.39, 0.29) is 0 Å². The maximum Gasteiger partial charge on any atom is 0.0496 e. The van der Waals surface area contributed by atoms with Crippen molar-refractivity contribution < 1.29 is 0 Å². The zero-order valence-corrected chi connectivity index (χ0v) is 13.8. The van der Waals surface area contributed by atoms with Crippen molar-refractivity contribution in [1.82, 2.24) is 4.40 Å². The fraction of sp³-hybridized carbons (Fsp3) is 0.556. The largest absolute Gasteiger partial charge is 0.319 e. The maximum absolute atomic E-state index is 4.85. The Labute approximate surface area is 128 Å². The molecule has 0 spiro atoms. The molecule has 2 aromatic rings. The Morgan fingerprint density at radius 2 is 1.65 bits per heavy atom. The van der Waals surface area contributed by atoms with Gasteiger partial charge in [0.2, 0.25) is 0 Å². The number of unbranched alkanes of at least 4 members (excludes halogenated alkanes) is 4. The Bertz CT molecular complexity index is 495. The minimum absolute atomic E-state index is 1.14. The quantitative estimate of drug-likeness (QED) is 0.470. The Kier molecular flexibility index (Phi) is 6.03. The molecule has 0 aromatic carbocycles. The van der Waals surface area contributed by atoms with Crippen LogP contribution in [0.3, 0.4) is 0 Å². The number of fused-ring (bicyclic) bond motifs is 1. The molecule has 2 aromatic heterocycles. The molecule has 2 rings (SSSR count). The third kappa shape index (κ3) is 3.41. The first kappa shape index (κ1) is 15.5. The molecule has 110 valence electrons. The lowest BCUT2D eigenvalue weighted by molar-refractivity contribution is 0.694. The average molecular weight is 289 g/mol. The molecule has 0 fully saturated rings. The lowest BCUT2D eigenvalue weighted by Crippen LogP contribution is -1.93. The highest BCUT2D eigenvalue weighted by atomic mass is 32.1. The van der Waals surface area contributed by atoms with Gasteiger partial charge in [-0.1, -0.05) is 45.6 Å². The fourth-order valence-electron chi connectivity index (χ4n) is 2.91. The second-order valence-corrected chi connectivity index (χ2v) is 6.09. The van der Waals surface area contributed by atoms with E-state index in [1.54, 1.807) is 0 Å². The van der Waals surface area contributed by atoms with Crippen LogP contribution in [0.25, 0.3) is 5.52 Å². The van der Waals surface area contributed by atoms with Crippen molar-refractivity contribution in [2.75, 3.05) is 0 Å². The van der Waals surface area contributed by atoms with Crippen molar-refractivity contribution in [3.63, 3.8) is 0 Å². The standard InChI is InChI=1S/C18H27NS/c1-3-5-7-11-15-16-12-9-10-14-19(16)17(18(15)20)13-8-6-4-2/h9-10,12,14,20H,3-8,11,13H2,1-2H3. The highest BCUT2D eigenvalue weighted by Crippen LogP contribution is 2.29. The molecule has 0 N–H and O–H groups in total. The van der Waals surface area contributed by atoms with Crippen LogP contribution in [0.4, 0.5) is 0 Å². The van der Waals surface area contributed by atoms with E-state index >= 15 is 0 Å². The molecule has 2 heterocycles. The normalized spacial score (nSPS) is 11.3. The number of hydrogen-bond acceptors (Lipinski definition) is 1. The summed E-state index contributed by atoms with van der Waals surface area (Å²) >= 11 is 4.85. The molecule has 2 heteroatoms. The van der Waals surface area contributed by atoms with Crippen molar-refractivity contribution in [2.45, 2.75) is 70.1 Å². The van der Waals surface area contributed by atoms with Crippen molar-refractivity contribution in [2.24, 2.45) is 0 Å². The number of nitrogens with zero attached hydrogens (tertiary/aromatic N) is 1. The van der Waals surface area contributed by atoms with Crippen LogP contribution in [-0.4, -0.2) is 4.40 Å². The molecule has 0 aliphatic rings. The summed E-state index contributed by atoms with van der Waals surface area (Å²) in [4.78, 5) is 1.24. The summed E-state index contributed by atoms with van der Waals surface area (Å²) in [6.45, 7) is 4.52. The van der Waals surface area contributed by atoms with Crippen molar-refractivity contribution in [1.29, 1.82) is 0 Å². The third-order valence-corrected chi connectivity index (χ3v) is 4.59. The van der Waals surface area contributed by atoms with Crippen molar-refractivity contribution in [3.05, 3.63) is 35.7 Å². The summed E-state index contributed by atoms with van der Waals surface area (Å²) in [5.74, 6) is 0. The molecule has 0 unspecified atom stereocenters. The summed E-state index contributed by atoms with van der Waals surface area (Å²) in [5, 5.41) is 0. The zero-order chi connectivity index (χ0) is 14.4. The third-order valence-electron chi connectivity index (χ3n) is 4.07. The number of thiol groups is 1. The number of pyridine rings is 1. The summed E-state index contributed by atoms with van der Waals surface area (Å²) in [6.07, 6.45) is 12.2. The smallest absolute Gasteiger partial charge is 0.0496 e. The summed E-state index contributed by atoms with van der Waals surface area (Å²) < 4.78 is 2.36. The summed E-state index contributed by atoms with van der Waals surface area (Å²) in [7, 11) is 0. The maximum atomic E-state index is 4.85. The van der Waals surface area contributed by atoms with Crippen LogP contribution in [-0.2, 0) is 12.8 Å². The van der Waals surface area contributed by atoms with Gasteiger partial charge in [0, 0.05) is 22.3 Å². The second kappa shape index (κ2) is 7.78. The Balaban J connectivity index is 2.29. The predicted octanol–water partition coefficient (Wildman–Crippen LogP) is 5.69. The molecule has 0 aliphatic heterocycles. The van der Waals surface area contributed by atoms with Crippen LogP contribution < -0.4 is 0 Å². The van der Waals surface area contributed by atoms with E-state index in [0.29, 0.717) is 0 Å². The molecule has 1 nitrogen and oxygen atoms in total. The molecule has 0 saturated heterocycles. The molecule has 0 amide bonds. The SMILES string of the molecule is CCCCCc1c(S)c(CCCCC)n2ccccc12. The van der Waals surface area contributed by atoms with Gasteiger partial charge in [-0.3, -0.25) is 0 Å². The van der Waals surface area contributed by atoms with Gasteiger partial charge in [0.15, 0.2) is 0 Å². The minimum Gasteiger partial charge on any atom is -0.319 e. The van der Waals surface area contributed by atoms with Crippen molar-refractivity contribution >= 4 is 18.1 Å². The topological polar surface area (TPSA) is 4.41 Å². The van der Waals surface area contributed by atoms with E-state index in [9.17, 15) is 0 Å². The highest BCUT2D eigenvalue weighted by molar-refractivity contribution is 7.80. The van der Waals surface area contributed by atoms with Gasteiger partial charge in [-0.05, 0) is 43.4 Å². The van der Waals surface area contributed by atoms with Gasteiger partial charge in [0.1, 0.15) is 0 Å². The number of hydrogen-bond donors (Lipinski definition) is 1. The van der Waals surface area contributed by atoms with Gasteiger partial charge >= 0.3 is 0 Å². The van der Waals surface area contributed by atoms with E-state index in [1.165, 1.54) is 60.2 Å². The average Bonchev–Trinajstić information content (AvgIpc) is 2.73. The molecule has 0 radical (unpaired) electrons. The molecular weight excluding hydrogens is 262 g/mol. The first-order valence-corrected chi connectivity index (χ1v) is 8.54. The summed E-state index contributed by atoms with van der Waals surface area (Å²) in [5.41, 5.74) is 4.22. The lowest BCUT2D eigenvalue weighted by atomic mass is 10.1. The van der Waals surface area contributed by atoms with Crippen LogP contribution in [0.1, 0.15) is 63.6 Å². The Hall–Kier alpha value is -0.890. The molecule has 0 aliphatic carbocycles. The van der Waals surface area contributed by atoms with E-state index in [2.05, 4.69) is 42.6 Å². The lowest BCUT2D eigenvalue weighted by Gasteiger charge is -2.03. The minimum atomic E-state index is 1.14. The molecular formula is C18H27NS. The fourth-order valence-corrected chi connectivity index (χ4v) is 3.36. The van der Waals surface area contributed by atoms with E-state index < -0.39 is 0 Å². The van der Waals surface area contributed by atoms with E-state index in [4.69, 9.17) is 12.6 Å².